The molecule has 0 bridgehead atoms. The quantitative estimate of drug-likeness (QED) is 0.749. The van der Waals surface area contributed by atoms with Crippen molar-refractivity contribution in [3.05, 3.63) is 47.9 Å². The van der Waals surface area contributed by atoms with E-state index in [1.807, 2.05) is 54.8 Å². The number of amides is 1. The van der Waals surface area contributed by atoms with E-state index in [-0.39, 0.29) is 5.91 Å². The molecule has 0 radical (unpaired) electrons. The van der Waals surface area contributed by atoms with Crippen LogP contribution in [0.15, 0.2) is 41.0 Å². The van der Waals surface area contributed by atoms with Crippen LogP contribution in [0.25, 0.3) is 0 Å². The van der Waals surface area contributed by atoms with Crippen molar-refractivity contribution in [3.8, 4) is 11.5 Å². The van der Waals surface area contributed by atoms with E-state index in [4.69, 9.17) is 13.9 Å². The average Bonchev–Trinajstić information content (AvgIpc) is 3.08. The molecular formula is C20H25NO4S. The summed E-state index contributed by atoms with van der Waals surface area (Å²) in [5.41, 5.74) is 0.637. The summed E-state index contributed by atoms with van der Waals surface area (Å²) < 4.78 is 16.8. The van der Waals surface area contributed by atoms with Crippen molar-refractivity contribution in [1.82, 2.24) is 4.90 Å². The fourth-order valence-electron chi connectivity index (χ4n) is 3.04. The highest BCUT2D eigenvalue weighted by Gasteiger charge is 2.24. The van der Waals surface area contributed by atoms with E-state index in [0.29, 0.717) is 42.1 Å². The van der Waals surface area contributed by atoms with Gasteiger partial charge in [0.2, 0.25) is 0 Å². The predicted octanol–water partition coefficient (Wildman–Crippen LogP) is 4.40. The number of thioether (sulfide) groups is 1. The van der Waals surface area contributed by atoms with E-state index >= 15 is 0 Å². The molecule has 1 aromatic heterocycles. The van der Waals surface area contributed by atoms with Gasteiger partial charge in [0.1, 0.15) is 5.76 Å². The minimum Gasteiger partial charge on any atom is -0.490 e. The summed E-state index contributed by atoms with van der Waals surface area (Å²) in [5, 5.41) is 0.308. The second-order valence-corrected chi connectivity index (χ2v) is 7.29. The van der Waals surface area contributed by atoms with Crippen LogP contribution in [-0.2, 0) is 0 Å². The summed E-state index contributed by atoms with van der Waals surface area (Å²) in [6.07, 6.45) is 2.60. The zero-order valence-electron chi connectivity index (χ0n) is 15.3. The first-order valence-electron chi connectivity index (χ1n) is 9.06. The number of hydrogen-bond acceptors (Lipinski definition) is 5. The zero-order chi connectivity index (χ0) is 18.4. The van der Waals surface area contributed by atoms with Crippen molar-refractivity contribution < 1.29 is 18.7 Å². The van der Waals surface area contributed by atoms with Gasteiger partial charge in [-0.05, 0) is 50.6 Å². The highest BCUT2D eigenvalue weighted by atomic mass is 32.2. The van der Waals surface area contributed by atoms with Crippen LogP contribution in [0.3, 0.4) is 0 Å². The van der Waals surface area contributed by atoms with E-state index in [1.165, 1.54) is 0 Å². The first-order valence-corrected chi connectivity index (χ1v) is 10.1. The Balaban J connectivity index is 1.71. The number of ether oxygens (including phenoxy) is 2. The molecule has 6 heteroatoms. The number of carbonyl (C=O) groups is 1. The Labute approximate surface area is 158 Å². The number of carbonyl (C=O) groups excluding carboxylic acids is 1. The molecule has 1 unspecified atom stereocenters. The van der Waals surface area contributed by atoms with E-state index in [1.54, 1.807) is 12.3 Å². The monoisotopic (exact) mass is 375 g/mol. The molecule has 1 amide bonds. The normalized spacial score (nSPS) is 17.6. The van der Waals surface area contributed by atoms with Crippen LogP contribution in [0.2, 0.25) is 0 Å². The first kappa shape index (κ1) is 18.7. The predicted molar refractivity (Wildman–Crippen MR) is 103 cm³/mol. The van der Waals surface area contributed by atoms with Crippen molar-refractivity contribution in [2.45, 2.75) is 25.5 Å². The van der Waals surface area contributed by atoms with Gasteiger partial charge in [-0.25, -0.2) is 0 Å². The molecule has 1 fully saturated rings. The highest BCUT2D eigenvalue weighted by molar-refractivity contribution is 7.99. The molecule has 5 nitrogen and oxygen atoms in total. The Morgan fingerprint density at radius 3 is 2.73 bits per heavy atom. The number of benzene rings is 1. The lowest BCUT2D eigenvalue weighted by atomic mass is 10.1. The van der Waals surface area contributed by atoms with E-state index in [2.05, 4.69) is 0 Å². The number of nitrogens with zero attached hydrogens (tertiary/aromatic N) is 1. The minimum absolute atomic E-state index is 0.0368. The molecular weight excluding hydrogens is 350 g/mol. The fourth-order valence-corrected chi connectivity index (χ4v) is 4.22. The molecule has 140 valence electrons. The van der Waals surface area contributed by atoms with Crippen LogP contribution in [0.5, 0.6) is 11.5 Å². The SMILES string of the molecule is CCOc1ccc(C(=O)N2CCSC(c3ccco3)CC2)cc1OCC. The summed E-state index contributed by atoms with van der Waals surface area (Å²) in [6.45, 7) is 6.39. The maximum Gasteiger partial charge on any atom is 0.254 e. The van der Waals surface area contributed by atoms with Crippen LogP contribution in [0.1, 0.15) is 41.6 Å². The Morgan fingerprint density at radius 1 is 1.19 bits per heavy atom. The molecule has 2 heterocycles. The summed E-state index contributed by atoms with van der Waals surface area (Å²) in [6, 6.07) is 9.35. The fraction of sp³-hybridized carbons (Fsp3) is 0.450. The second-order valence-electron chi connectivity index (χ2n) is 5.98. The molecule has 0 saturated carbocycles. The van der Waals surface area contributed by atoms with Crippen LogP contribution in [-0.4, -0.2) is 42.9 Å². The second kappa shape index (κ2) is 9.03. The molecule has 1 aliphatic rings. The van der Waals surface area contributed by atoms with Gasteiger partial charge in [-0.15, -0.1) is 11.8 Å². The van der Waals surface area contributed by atoms with Gasteiger partial charge < -0.3 is 18.8 Å². The van der Waals surface area contributed by atoms with Crippen LogP contribution >= 0.6 is 11.8 Å². The van der Waals surface area contributed by atoms with Crippen molar-refractivity contribution in [1.29, 1.82) is 0 Å². The average molecular weight is 375 g/mol. The van der Waals surface area contributed by atoms with E-state index < -0.39 is 0 Å². The molecule has 0 N–H and O–H groups in total. The van der Waals surface area contributed by atoms with Crippen LogP contribution in [0, 0.1) is 0 Å². The lowest BCUT2D eigenvalue weighted by Crippen LogP contribution is -2.33. The van der Waals surface area contributed by atoms with Crippen LogP contribution in [0.4, 0.5) is 0 Å². The minimum atomic E-state index is 0.0368. The Kier molecular flexibility index (Phi) is 6.50. The molecule has 26 heavy (non-hydrogen) atoms. The number of furan rings is 1. The largest absolute Gasteiger partial charge is 0.490 e. The smallest absolute Gasteiger partial charge is 0.254 e. The zero-order valence-corrected chi connectivity index (χ0v) is 16.1. The summed E-state index contributed by atoms with van der Waals surface area (Å²) >= 11 is 1.85. The topological polar surface area (TPSA) is 51.9 Å². The molecule has 2 aromatic rings. The van der Waals surface area contributed by atoms with Crippen molar-refractivity contribution in [3.63, 3.8) is 0 Å². The third-order valence-electron chi connectivity index (χ3n) is 4.28. The van der Waals surface area contributed by atoms with E-state index in [9.17, 15) is 4.79 Å². The highest BCUT2D eigenvalue weighted by Crippen LogP contribution is 2.35. The van der Waals surface area contributed by atoms with Gasteiger partial charge in [-0.1, -0.05) is 0 Å². The van der Waals surface area contributed by atoms with E-state index in [0.717, 1.165) is 24.5 Å². The van der Waals surface area contributed by atoms with Gasteiger partial charge in [-0.3, -0.25) is 4.79 Å². The molecule has 1 aliphatic heterocycles. The third-order valence-corrected chi connectivity index (χ3v) is 5.57. The molecule has 3 rings (SSSR count). The molecule has 0 spiro atoms. The number of hydrogen-bond donors (Lipinski definition) is 0. The molecule has 1 aromatic carbocycles. The first-order chi connectivity index (χ1) is 12.7. The molecule has 1 atom stereocenters. The Bertz CT molecular complexity index is 717. The lowest BCUT2D eigenvalue weighted by molar-refractivity contribution is 0.0765. The molecule has 0 aliphatic carbocycles. The Morgan fingerprint density at radius 2 is 2.00 bits per heavy atom. The van der Waals surface area contributed by atoms with Crippen LogP contribution < -0.4 is 9.47 Å². The van der Waals surface area contributed by atoms with Gasteiger partial charge in [0.25, 0.3) is 5.91 Å². The maximum atomic E-state index is 13.0. The standard InChI is InChI=1S/C20H25NO4S/c1-3-23-16-8-7-15(14-18(16)24-4-2)20(22)21-10-9-19(26-13-11-21)17-6-5-12-25-17/h5-8,12,14,19H,3-4,9-11,13H2,1-2H3. The Hall–Kier alpha value is -2.08. The molecule has 1 saturated heterocycles. The van der Waals surface area contributed by atoms with Gasteiger partial charge in [0, 0.05) is 24.4 Å². The van der Waals surface area contributed by atoms with Gasteiger partial charge in [0.15, 0.2) is 11.5 Å². The summed E-state index contributed by atoms with van der Waals surface area (Å²) in [4.78, 5) is 14.9. The maximum absolute atomic E-state index is 13.0. The lowest BCUT2D eigenvalue weighted by Gasteiger charge is -2.21. The van der Waals surface area contributed by atoms with Gasteiger partial charge in [-0.2, -0.15) is 0 Å². The van der Waals surface area contributed by atoms with Gasteiger partial charge in [0.05, 0.1) is 24.7 Å². The number of rotatable bonds is 6. The third kappa shape index (κ3) is 4.36. The van der Waals surface area contributed by atoms with Crippen molar-refractivity contribution >= 4 is 17.7 Å². The van der Waals surface area contributed by atoms with Gasteiger partial charge >= 0.3 is 0 Å². The van der Waals surface area contributed by atoms with Crippen molar-refractivity contribution in [2.75, 3.05) is 32.1 Å². The summed E-state index contributed by atoms with van der Waals surface area (Å²) in [7, 11) is 0. The summed E-state index contributed by atoms with van der Waals surface area (Å²) in [5.74, 6) is 3.22. The van der Waals surface area contributed by atoms with Crippen molar-refractivity contribution in [2.24, 2.45) is 0 Å².